The first-order chi connectivity index (χ1) is 14.3. The van der Waals surface area contributed by atoms with Gasteiger partial charge in [0.15, 0.2) is 5.65 Å². The SMILES string of the molecule is Cc1nc2cc(-c3cccc(F)c3)nn2c(C)c1CCC(=O)NCCCOC(C)C. The molecule has 0 aliphatic rings. The number of carbonyl (C=O) groups is 1. The lowest BCUT2D eigenvalue weighted by molar-refractivity contribution is -0.121. The Labute approximate surface area is 176 Å². The van der Waals surface area contributed by atoms with Gasteiger partial charge < -0.3 is 10.1 Å². The number of hydrogen-bond donors (Lipinski definition) is 1. The number of halogens is 1. The van der Waals surface area contributed by atoms with Crippen LogP contribution in [0.3, 0.4) is 0 Å². The summed E-state index contributed by atoms with van der Waals surface area (Å²) in [5.74, 6) is -0.285. The molecule has 0 saturated carbocycles. The monoisotopic (exact) mass is 412 g/mol. The van der Waals surface area contributed by atoms with E-state index in [1.807, 2.05) is 39.8 Å². The third-order valence-electron chi connectivity index (χ3n) is 4.98. The van der Waals surface area contributed by atoms with Crippen molar-refractivity contribution in [2.75, 3.05) is 13.2 Å². The molecule has 2 aromatic heterocycles. The number of aryl methyl sites for hydroxylation is 2. The van der Waals surface area contributed by atoms with Crippen molar-refractivity contribution in [2.45, 2.75) is 53.1 Å². The molecular weight excluding hydrogens is 383 g/mol. The largest absolute Gasteiger partial charge is 0.379 e. The zero-order chi connectivity index (χ0) is 21.7. The lowest BCUT2D eigenvalue weighted by atomic mass is 10.1. The smallest absolute Gasteiger partial charge is 0.220 e. The van der Waals surface area contributed by atoms with E-state index in [4.69, 9.17) is 4.74 Å². The quantitative estimate of drug-likeness (QED) is 0.539. The number of hydrogen-bond acceptors (Lipinski definition) is 4. The van der Waals surface area contributed by atoms with E-state index < -0.39 is 0 Å². The van der Waals surface area contributed by atoms with Gasteiger partial charge in [-0.25, -0.2) is 13.9 Å². The van der Waals surface area contributed by atoms with Crippen LogP contribution >= 0.6 is 0 Å². The molecule has 0 aliphatic heterocycles. The fourth-order valence-electron chi connectivity index (χ4n) is 3.42. The lowest BCUT2D eigenvalue weighted by Gasteiger charge is -2.11. The Morgan fingerprint density at radius 3 is 2.80 bits per heavy atom. The van der Waals surface area contributed by atoms with Crippen LogP contribution in [-0.2, 0) is 16.0 Å². The molecule has 0 bridgehead atoms. The van der Waals surface area contributed by atoms with E-state index in [-0.39, 0.29) is 17.8 Å². The van der Waals surface area contributed by atoms with Crippen molar-refractivity contribution < 1.29 is 13.9 Å². The summed E-state index contributed by atoms with van der Waals surface area (Å²) in [6.07, 6.45) is 1.98. The maximum absolute atomic E-state index is 13.6. The second kappa shape index (κ2) is 9.80. The van der Waals surface area contributed by atoms with Gasteiger partial charge in [0.25, 0.3) is 0 Å². The highest BCUT2D eigenvalue weighted by atomic mass is 19.1. The van der Waals surface area contributed by atoms with Crippen molar-refractivity contribution in [2.24, 2.45) is 0 Å². The molecule has 3 aromatic rings. The van der Waals surface area contributed by atoms with Gasteiger partial charge in [-0.3, -0.25) is 4.79 Å². The number of fused-ring (bicyclic) bond motifs is 1. The van der Waals surface area contributed by atoms with Crippen molar-refractivity contribution in [1.29, 1.82) is 0 Å². The highest BCUT2D eigenvalue weighted by molar-refractivity contribution is 5.76. The van der Waals surface area contributed by atoms with Gasteiger partial charge in [0.05, 0.1) is 11.8 Å². The second-order valence-electron chi connectivity index (χ2n) is 7.69. The topological polar surface area (TPSA) is 68.5 Å². The van der Waals surface area contributed by atoms with E-state index in [1.165, 1.54) is 12.1 Å². The first kappa shape index (κ1) is 21.9. The lowest BCUT2D eigenvalue weighted by Crippen LogP contribution is -2.26. The van der Waals surface area contributed by atoms with Gasteiger partial charge in [-0.1, -0.05) is 12.1 Å². The molecule has 0 radical (unpaired) electrons. The Morgan fingerprint density at radius 2 is 2.07 bits per heavy atom. The maximum atomic E-state index is 13.6. The zero-order valence-electron chi connectivity index (χ0n) is 18.0. The molecule has 0 spiro atoms. The standard InChI is InChI=1S/C23H29FN4O2/c1-15(2)30-12-6-11-25-23(29)10-9-20-16(3)26-22-14-21(27-28(22)17(20)4)18-7-5-8-19(24)13-18/h5,7-8,13-15H,6,9-12H2,1-4H3,(H,25,29). The summed E-state index contributed by atoms with van der Waals surface area (Å²) in [6, 6.07) is 8.21. The average Bonchev–Trinajstić information content (AvgIpc) is 3.11. The molecule has 1 amide bonds. The van der Waals surface area contributed by atoms with Crippen LogP contribution < -0.4 is 5.32 Å². The molecule has 2 heterocycles. The molecule has 7 heteroatoms. The minimum absolute atomic E-state index is 0.0133. The van der Waals surface area contributed by atoms with Crippen molar-refractivity contribution in [3.8, 4) is 11.3 Å². The summed E-state index contributed by atoms with van der Waals surface area (Å²) < 4.78 is 20.8. The predicted octanol–water partition coefficient (Wildman–Crippen LogP) is 4.02. The van der Waals surface area contributed by atoms with Gasteiger partial charge in [-0.15, -0.1) is 0 Å². The van der Waals surface area contributed by atoms with Crippen LogP contribution in [-0.4, -0.2) is 39.8 Å². The molecule has 1 aromatic carbocycles. The number of nitrogens with one attached hydrogen (secondary N) is 1. The number of amides is 1. The number of rotatable bonds is 9. The maximum Gasteiger partial charge on any atom is 0.220 e. The number of nitrogens with zero attached hydrogens (tertiary/aromatic N) is 3. The van der Waals surface area contributed by atoms with Crippen molar-refractivity contribution in [3.05, 3.63) is 53.1 Å². The van der Waals surface area contributed by atoms with Crippen LogP contribution in [0.25, 0.3) is 16.9 Å². The number of ether oxygens (including phenoxy) is 1. The number of aromatic nitrogens is 3. The molecule has 0 saturated heterocycles. The predicted molar refractivity (Wildman–Crippen MR) is 115 cm³/mol. The van der Waals surface area contributed by atoms with Crippen LogP contribution in [0.2, 0.25) is 0 Å². The third kappa shape index (κ3) is 5.42. The number of benzene rings is 1. The highest BCUT2D eigenvalue weighted by Crippen LogP contribution is 2.23. The van der Waals surface area contributed by atoms with Gasteiger partial charge in [0, 0.05) is 42.6 Å². The molecule has 0 atom stereocenters. The summed E-state index contributed by atoms with van der Waals surface area (Å²) in [4.78, 5) is 16.8. The minimum atomic E-state index is -0.298. The normalized spacial score (nSPS) is 11.4. The summed E-state index contributed by atoms with van der Waals surface area (Å²) in [6.45, 7) is 9.16. The van der Waals surface area contributed by atoms with Crippen LogP contribution in [0, 0.1) is 19.7 Å². The zero-order valence-corrected chi connectivity index (χ0v) is 18.0. The van der Waals surface area contributed by atoms with Gasteiger partial charge in [-0.2, -0.15) is 5.10 Å². The molecule has 0 unspecified atom stereocenters. The summed E-state index contributed by atoms with van der Waals surface area (Å²) in [5, 5.41) is 7.55. The Bertz CT molecular complexity index is 1030. The fraction of sp³-hybridized carbons (Fsp3) is 0.435. The van der Waals surface area contributed by atoms with Crippen molar-refractivity contribution in [3.63, 3.8) is 0 Å². The van der Waals surface area contributed by atoms with Crippen LogP contribution in [0.4, 0.5) is 4.39 Å². The summed E-state index contributed by atoms with van der Waals surface area (Å²) >= 11 is 0. The summed E-state index contributed by atoms with van der Waals surface area (Å²) in [7, 11) is 0. The second-order valence-corrected chi connectivity index (χ2v) is 7.69. The van der Waals surface area contributed by atoms with Crippen LogP contribution in [0.1, 0.15) is 43.6 Å². The Hall–Kier alpha value is -2.80. The van der Waals surface area contributed by atoms with Gasteiger partial charge in [0.1, 0.15) is 5.82 Å². The molecule has 0 aliphatic carbocycles. The molecule has 6 nitrogen and oxygen atoms in total. The van der Waals surface area contributed by atoms with E-state index in [2.05, 4.69) is 15.4 Å². The molecule has 160 valence electrons. The van der Waals surface area contributed by atoms with Gasteiger partial charge in [0.2, 0.25) is 5.91 Å². The van der Waals surface area contributed by atoms with Gasteiger partial charge in [-0.05, 0) is 58.2 Å². The van der Waals surface area contributed by atoms with Crippen LogP contribution in [0.15, 0.2) is 30.3 Å². The van der Waals surface area contributed by atoms with Gasteiger partial charge >= 0.3 is 0 Å². The fourth-order valence-corrected chi connectivity index (χ4v) is 3.42. The Morgan fingerprint density at radius 1 is 1.27 bits per heavy atom. The molecule has 3 rings (SSSR count). The highest BCUT2D eigenvalue weighted by Gasteiger charge is 2.14. The van der Waals surface area contributed by atoms with E-state index in [0.29, 0.717) is 42.9 Å². The van der Waals surface area contributed by atoms with E-state index in [9.17, 15) is 9.18 Å². The molecule has 1 N–H and O–H groups in total. The number of carbonyl (C=O) groups excluding carboxylic acids is 1. The molecular formula is C23H29FN4O2. The van der Waals surface area contributed by atoms with Crippen LogP contribution in [0.5, 0.6) is 0 Å². The molecule has 30 heavy (non-hydrogen) atoms. The van der Waals surface area contributed by atoms with E-state index >= 15 is 0 Å². The Kier molecular flexibility index (Phi) is 7.15. The first-order valence-electron chi connectivity index (χ1n) is 10.3. The Balaban J connectivity index is 1.67. The molecule has 0 fully saturated rings. The third-order valence-corrected chi connectivity index (χ3v) is 4.98. The van der Waals surface area contributed by atoms with E-state index in [0.717, 1.165) is 23.4 Å². The van der Waals surface area contributed by atoms with Crippen molar-refractivity contribution >= 4 is 11.6 Å². The first-order valence-corrected chi connectivity index (χ1v) is 10.3. The van der Waals surface area contributed by atoms with E-state index in [1.54, 1.807) is 10.6 Å². The minimum Gasteiger partial charge on any atom is -0.379 e. The average molecular weight is 413 g/mol. The van der Waals surface area contributed by atoms with Crippen molar-refractivity contribution in [1.82, 2.24) is 19.9 Å². The summed E-state index contributed by atoms with van der Waals surface area (Å²) in [5.41, 5.74) is 4.92.